The van der Waals surface area contributed by atoms with Crippen molar-refractivity contribution in [2.75, 3.05) is 0 Å². The Hall–Kier alpha value is -1.96. The Bertz CT molecular complexity index is 532. The molecule has 1 aromatic carbocycles. The molecule has 0 aromatic heterocycles. The number of hydrogen-bond donors (Lipinski definition) is 1. The average Bonchev–Trinajstić information content (AvgIpc) is 2.41. The first-order chi connectivity index (χ1) is 8.86. The highest BCUT2D eigenvalue weighted by Crippen LogP contribution is 2.10. The Labute approximate surface area is 109 Å². The molecule has 0 spiro atoms. The summed E-state index contributed by atoms with van der Waals surface area (Å²) in [5.41, 5.74) is 1.73. The van der Waals surface area contributed by atoms with E-state index >= 15 is 0 Å². The number of aliphatic hydroxyl groups excluding tert-OH is 1. The summed E-state index contributed by atoms with van der Waals surface area (Å²) in [6, 6.07) is 9.90. The van der Waals surface area contributed by atoms with Gasteiger partial charge in [-0.15, -0.1) is 5.92 Å². The van der Waals surface area contributed by atoms with Crippen LogP contribution in [0, 0.1) is 23.7 Å². The third kappa shape index (κ3) is 3.81. The summed E-state index contributed by atoms with van der Waals surface area (Å²) >= 11 is 0. The first-order valence-electron chi connectivity index (χ1n) is 6.28. The fourth-order valence-electron chi connectivity index (χ4n) is 1.75. The molecule has 0 saturated heterocycles. The molecule has 2 rings (SSSR count). The van der Waals surface area contributed by atoms with Gasteiger partial charge < -0.3 is 5.11 Å². The van der Waals surface area contributed by atoms with E-state index in [1.165, 1.54) is 0 Å². The van der Waals surface area contributed by atoms with E-state index in [2.05, 4.69) is 23.7 Å². The Morgan fingerprint density at radius 1 is 1.06 bits per heavy atom. The zero-order valence-electron chi connectivity index (χ0n) is 10.3. The number of benzene rings is 1. The Kier molecular flexibility index (Phi) is 4.65. The quantitative estimate of drug-likeness (QED) is 0.743. The predicted molar refractivity (Wildman–Crippen MR) is 74.4 cm³/mol. The van der Waals surface area contributed by atoms with Crippen LogP contribution >= 0.6 is 0 Å². The molecule has 1 aliphatic rings. The van der Waals surface area contributed by atoms with Crippen molar-refractivity contribution in [3.05, 3.63) is 41.5 Å². The molecular weight excluding hydrogens is 220 g/mol. The van der Waals surface area contributed by atoms with Gasteiger partial charge in [0.25, 0.3) is 0 Å². The van der Waals surface area contributed by atoms with Crippen LogP contribution in [0.1, 0.15) is 31.2 Å². The normalized spacial score (nSPS) is 21.4. The van der Waals surface area contributed by atoms with Crippen molar-refractivity contribution in [2.45, 2.75) is 31.8 Å². The molecule has 0 radical (unpaired) electrons. The summed E-state index contributed by atoms with van der Waals surface area (Å²) in [7, 11) is 0. The molecule has 1 atom stereocenters. The maximum Gasteiger partial charge on any atom is 0.147 e. The van der Waals surface area contributed by atoms with Crippen molar-refractivity contribution < 1.29 is 5.11 Å². The van der Waals surface area contributed by atoms with E-state index in [1.807, 2.05) is 36.4 Å². The second kappa shape index (κ2) is 6.70. The van der Waals surface area contributed by atoms with Crippen LogP contribution < -0.4 is 0 Å². The third-order valence-electron chi connectivity index (χ3n) is 2.74. The second-order valence-electron chi connectivity index (χ2n) is 4.24. The largest absolute Gasteiger partial charge is 0.375 e. The lowest BCUT2D eigenvalue weighted by Gasteiger charge is -2.04. The molecular formula is C17H16O. The molecule has 18 heavy (non-hydrogen) atoms. The predicted octanol–water partition coefficient (Wildman–Crippen LogP) is 3.01. The fourth-order valence-corrected chi connectivity index (χ4v) is 1.75. The van der Waals surface area contributed by atoms with Crippen LogP contribution in [0.2, 0.25) is 0 Å². The van der Waals surface area contributed by atoms with Crippen molar-refractivity contribution in [1.29, 1.82) is 0 Å². The standard InChI is InChI=1S/C17H16O/c18-17-13-9-4-2-1-3-8-12-16(17)14-15-10-6-5-7-11-15/h5-7,10-11,14,17-18H,1-4H2/b16-14+. The van der Waals surface area contributed by atoms with Crippen LogP contribution in [0.3, 0.4) is 0 Å². The summed E-state index contributed by atoms with van der Waals surface area (Å²) < 4.78 is 0. The monoisotopic (exact) mass is 236 g/mol. The number of aliphatic hydroxyl groups is 1. The molecule has 0 amide bonds. The molecule has 1 aliphatic carbocycles. The van der Waals surface area contributed by atoms with Crippen LogP contribution in [-0.2, 0) is 0 Å². The highest BCUT2D eigenvalue weighted by molar-refractivity contribution is 5.60. The summed E-state index contributed by atoms with van der Waals surface area (Å²) in [5, 5.41) is 10.0. The van der Waals surface area contributed by atoms with Crippen LogP contribution in [0.15, 0.2) is 35.9 Å². The Morgan fingerprint density at radius 2 is 1.78 bits per heavy atom. The van der Waals surface area contributed by atoms with E-state index in [-0.39, 0.29) is 0 Å². The SMILES string of the molecule is OC1C#CCCCCC#C/C1=C\c1ccccc1. The molecule has 0 heterocycles. The van der Waals surface area contributed by atoms with Crippen molar-refractivity contribution in [3.8, 4) is 23.7 Å². The Morgan fingerprint density at radius 3 is 2.56 bits per heavy atom. The van der Waals surface area contributed by atoms with Crippen LogP contribution in [0.4, 0.5) is 0 Å². The van der Waals surface area contributed by atoms with E-state index in [4.69, 9.17) is 0 Å². The lowest BCUT2D eigenvalue weighted by Crippen LogP contribution is -2.06. The maximum atomic E-state index is 10.0. The van der Waals surface area contributed by atoms with E-state index in [0.29, 0.717) is 5.57 Å². The molecule has 90 valence electrons. The van der Waals surface area contributed by atoms with Gasteiger partial charge in [-0.05, 0) is 24.5 Å². The first kappa shape index (κ1) is 12.5. The smallest absolute Gasteiger partial charge is 0.147 e. The fraction of sp³-hybridized carbons (Fsp3) is 0.294. The molecule has 1 N–H and O–H groups in total. The van der Waals surface area contributed by atoms with E-state index in [1.54, 1.807) is 0 Å². The van der Waals surface area contributed by atoms with Gasteiger partial charge in [0.1, 0.15) is 6.10 Å². The van der Waals surface area contributed by atoms with Crippen LogP contribution in [-0.4, -0.2) is 11.2 Å². The van der Waals surface area contributed by atoms with Gasteiger partial charge in [0.15, 0.2) is 0 Å². The molecule has 0 aliphatic heterocycles. The topological polar surface area (TPSA) is 20.2 Å². The van der Waals surface area contributed by atoms with Gasteiger partial charge in [0, 0.05) is 18.4 Å². The minimum Gasteiger partial charge on any atom is -0.375 e. The summed E-state index contributed by atoms with van der Waals surface area (Å²) in [5.74, 6) is 12.0. The Balaban J connectivity index is 2.28. The molecule has 1 unspecified atom stereocenters. The highest BCUT2D eigenvalue weighted by Gasteiger charge is 2.05. The lowest BCUT2D eigenvalue weighted by atomic mass is 10.0. The van der Waals surface area contributed by atoms with Crippen molar-refractivity contribution >= 4 is 6.08 Å². The molecule has 1 heteroatoms. The number of hydrogen-bond acceptors (Lipinski definition) is 1. The van der Waals surface area contributed by atoms with Gasteiger partial charge in [-0.3, -0.25) is 0 Å². The van der Waals surface area contributed by atoms with Gasteiger partial charge >= 0.3 is 0 Å². The van der Waals surface area contributed by atoms with Crippen LogP contribution in [0.5, 0.6) is 0 Å². The maximum absolute atomic E-state index is 10.0. The molecule has 1 nitrogen and oxygen atoms in total. The van der Waals surface area contributed by atoms with Crippen LogP contribution in [0.25, 0.3) is 6.08 Å². The zero-order chi connectivity index (χ0) is 12.6. The minimum atomic E-state index is -0.768. The zero-order valence-corrected chi connectivity index (χ0v) is 10.3. The second-order valence-corrected chi connectivity index (χ2v) is 4.24. The minimum absolute atomic E-state index is 0.690. The van der Waals surface area contributed by atoms with Crippen molar-refractivity contribution in [2.24, 2.45) is 0 Å². The summed E-state index contributed by atoms with van der Waals surface area (Å²) in [4.78, 5) is 0. The van der Waals surface area contributed by atoms with E-state index in [9.17, 15) is 5.11 Å². The van der Waals surface area contributed by atoms with Gasteiger partial charge in [-0.2, -0.15) is 0 Å². The van der Waals surface area contributed by atoms with E-state index < -0.39 is 6.10 Å². The lowest BCUT2D eigenvalue weighted by molar-refractivity contribution is 0.274. The molecule has 0 fully saturated rings. The third-order valence-corrected chi connectivity index (χ3v) is 2.74. The number of rotatable bonds is 1. The first-order valence-corrected chi connectivity index (χ1v) is 6.28. The molecule has 0 saturated carbocycles. The van der Waals surface area contributed by atoms with Gasteiger partial charge in [0.2, 0.25) is 0 Å². The van der Waals surface area contributed by atoms with Gasteiger partial charge in [0.05, 0.1) is 0 Å². The molecule has 1 aromatic rings. The highest BCUT2D eigenvalue weighted by atomic mass is 16.3. The van der Waals surface area contributed by atoms with Gasteiger partial charge in [-0.1, -0.05) is 48.1 Å². The summed E-state index contributed by atoms with van der Waals surface area (Å²) in [6.45, 7) is 0. The molecule has 0 bridgehead atoms. The van der Waals surface area contributed by atoms with Crippen molar-refractivity contribution in [1.82, 2.24) is 0 Å². The van der Waals surface area contributed by atoms with Crippen molar-refractivity contribution in [3.63, 3.8) is 0 Å². The van der Waals surface area contributed by atoms with Gasteiger partial charge in [-0.25, -0.2) is 0 Å². The van der Waals surface area contributed by atoms with E-state index in [0.717, 1.165) is 31.2 Å². The average molecular weight is 236 g/mol. The summed E-state index contributed by atoms with van der Waals surface area (Å²) in [6.07, 6.45) is 5.00.